The molecule has 0 aliphatic carbocycles. The van der Waals surface area contributed by atoms with Crippen molar-refractivity contribution in [1.82, 2.24) is 19.5 Å². The molecule has 0 unspecified atom stereocenters. The molecule has 1 amide bonds. The molecule has 1 saturated heterocycles. The molecule has 0 radical (unpaired) electrons. The van der Waals surface area contributed by atoms with Crippen molar-refractivity contribution in [3.05, 3.63) is 71.1 Å². The first-order valence-corrected chi connectivity index (χ1v) is 9.11. The summed E-state index contributed by atoms with van der Waals surface area (Å²) in [4.78, 5) is 14.5. The van der Waals surface area contributed by atoms with Crippen LogP contribution in [0.4, 0.5) is 0 Å². The Kier molecular flexibility index (Phi) is 4.71. The van der Waals surface area contributed by atoms with Crippen molar-refractivity contribution in [2.75, 3.05) is 13.1 Å². The highest BCUT2D eigenvalue weighted by Gasteiger charge is 2.26. The molecule has 132 valence electrons. The van der Waals surface area contributed by atoms with E-state index in [0.29, 0.717) is 11.6 Å². The third kappa shape index (κ3) is 3.48. The van der Waals surface area contributed by atoms with Crippen LogP contribution in [0.1, 0.15) is 30.1 Å². The Morgan fingerprint density at radius 1 is 1.19 bits per heavy atom. The van der Waals surface area contributed by atoms with Crippen molar-refractivity contribution < 1.29 is 4.79 Å². The van der Waals surface area contributed by atoms with Gasteiger partial charge in [0.1, 0.15) is 5.82 Å². The van der Waals surface area contributed by atoms with Crippen molar-refractivity contribution in [2.24, 2.45) is 0 Å². The zero-order valence-corrected chi connectivity index (χ0v) is 15.0. The fourth-order valence-corrected chi connectivity index (χ4v) is 3.61. The molecule has 0 saturated carbocycles. The number of benzene rings is 1. The van der Waals surface area contributed by atoms with Crippen LogP contribution < -0.4 is 0 Å². The molecule has 2 aromatic heterocycles. The van der Waals surface area contributed by atoms with Crippen molar-refractivity contribution >= 4 is 29.2 Å². The zero-order valence-electron chi connectivity index (χ0n) is 14.3. The molecule has 4 rings (SSSR count). The number of likely N-dealkylation sites (tertiary alicyclic amines) is 1. The van der Waals surface area contributed by atoms with Crippen LogP contribution >= 0.6 is 11.6 Å². The predicted molar refractivity (Wildman–Crippen MR) is 102 cm³/mol. The zero-order chi connectivity index (χ0) is 17.9. The van der Waals surface area contributed by atoms with E-state index in [2.05, 4.69) is 10.2 Å². The SMILES string of the molecule is O=C(/C=C/c1cccc(Cl)c1)N1CCC[C@H](c2nnc3ccccn23)C1. The maximum absolute atomic E-state index is 12.6. The highest BCUT2D eigenvalue weighted by Crippen LogP contribution is 2.26. The molecule has 1 aliphatic rings. The van der Waals surface area contributed by atoms with Gasteiger partial charge in [0.25, 0.3) is 0 Å². The van der Waals surface area contributed by atoms with Crippen LogP contribution in [0.5, 0.6) is 0 Å². The third-order valence-electron chi connectivity index (χ3n) is 4.71. The van der Waals surface area contributed by atoms with E-state index in [1.54, 1.807) is 6.08 Å². The molecule has 0 N–H and O–H groups in total. The summed E-state index contributed by atoms with van der Waals surface area (Å²) in [7, 11) is 0. The van der Waals surface area contributed by atoms with Crippen molar-refractivity contribution in [1.29, 1.82) is 0 Å². The van der Waals surface area contributed by atoms with Crippen LogP contribution in [0, 0.1) is 0 Å². The van der Waals surface area contributed by atoms with E-state index >= 15 is 0 Å². The molecule has 1 atom stereocenters. The lowest BCUT2D eigenvalue weighted by atomic mass is 9.97. The Balaban J connectivity index is 1.49. The maximum atomic E-state index is 12.6. The third-order valence-corrected chi connectivity index (χ3v) is 4.94. The largest absolute Gasteiger partial charge is 0.338 e. The normalized spacial score (nSPS) is 17.9. The molecule has 1 aliphatic heterocycles. The first kappa shape index (κ1) is 16.8. The number of rotatable bonds is 3. The smallest absolute Gasteiger partial charge is 0.246 e. The number of piperidine rings is 1. The van der Waals surface area contributed by atoms with Crippen molar-refractivity contribution in [2.45, 2.75) is 18.8 Å². The van der Waals surface area contributed by atoms with Gasteiger partial charge in [0.05, 0.1) is 0 Å². The van der Waals surface area contributed by atoms with Gasteiger partial charge in [0.2, 0.25) is 5.91 Å². The van der Waals surface area contributed by atoms with E-state index in [4.69, 9.17) is 11.6 Å². The number of carbonyl (C=O) groups excluding carboxylic acids is 1. The summed E-state index contributed by atoms with van der Waals surface area (Å²) in [6.07, 6.45) is 7.38. The van der Waals surface area contributed by atoms with Gasteiger partial charge in [-0.2, -0.15) is 0 Å². The lowest BCUT2D eigenvalue weighted by Crippen LogP contribution is -2.38. The van der Waals surface area contributed by atoms with Crippen molar-refractivity contribution in [3.63, 3.8) is 0 Å². The summed E-state index contributed by atoms with van der Waals surface area (Å²) in [6, 6.07) is 13.3. The topological polar surface area (TPSA) is 50.5 Å². The monoisotopic (exact) mass is 366 g/mol. The van der Waals surface area contributed by atoms with Crippen LogP contribution in [-0.2, 0) is 4.79 Å². The summed E-state index contributed by atoms with van der Waals surface area (Å²) in [5.74, 6) is 1.14. The Morgan fingerprint density at radius 3 is 3.00 bits per heavy atom. The highest BCUT2D eigenvalue weighted by atomic mass is 35.5. The van der Waals surface area contributed by atoms with E-state index in [1.807, 2.05) is 64.0 Å². The Bertz CT molecular complexity index is 965. The minimum atomic E-state index is 0.0171. The van der Waals surface area contributed by atoms with E-state index in [-0.39, 0.29) is 11.8 Å². The predicted octanol–water partition coefficient (Wildman–Crippen LogP) is 3.80. The molecule has 3 heterocycles. The Hall–Kier alpha value is -2.66. The standard InChI is InChI=1S/C20H19ClN4O/c21-17-7-3-5-15(13-17)9-10-19(26)24-11-4-6-16(14-24)20-23-22-18-8-1-2-12-25(18)20/h1-3,5,7-10,12-13,16H,4,6,11,14H2/b10-9+/t16-/m0/s1. The number of carbonyl (C=O) groups is 1. The average Bonchev–Trinajstić information content (AvgIpc) is 3.10. The molecule has 0 spiro atoms. The second kappa shape index (κ2) is 7.30. The van der Waals surface area contributed by atoms with Gasteiger partial charge in [-0.05, 0) is 48.7 Å². The molecule has 6 heteroatoms. The second-order valence-electron chi connectivity index (χ2n) is 6.50. The van der Waals surface area contributed by atoms with Crippen LogP contribution in [0.15, 0.2) is 54.7 Å². The minimum Gasteiger partial charge on any atom is -0.338 e. The van der Waals surface area contributed by atoms with E-state index in [9.17, 15) is 4.79 Å². The lowest BCUT2D eigenvalue weighted by Gasteiger charge is -2.31. The molecule has 1 fully saturated rings. The van der Waals surface area contributed by atoms with Gasteiger partial charge in [-0.3, -0.25) is 9.20 Å². The van der Waals surface area contributed by atoms with Crippen LogP contribution in [0.25, 0.3) is 11.7 Å². The Morgan fingerprint density at radius 2 is 2.12 bits per heavy atom. The van der Waals surface area contributed by atoms with Gasteiger partial charge in [-0.1, -0.05) is 29.8 Å². The molecule has 1 aromatic carbocycles. The summed E-state index contributed by atoms with van der Waals surface area (Å²) < 4.78 is 2.01. The number of hydrogen-bond acceptors (Lipinski definition) is 3. The molecule has 3 aromatic rings. The van der Waals surface area contributed by atoms with Gasteiger partial charge in [-0.25, -0.2) is 0 Å². The number of aromatic nitrogens is 3. The maximum Gasteiger partial charge on any atom is 0.246 e. The molecule has 26 heavy (non-hydrogen) atoms. The van der Waals surface area contributed by atoms with Gasteiger partial charge >= 0.3 is 0 Å². The molecule has 0 bridgehead atoms. The van der Waals surface area contributed by atoms with Crippen LogP contribution in [0.3, 0.4) is 0 Å². The fraction of sp³-hybridized carbons (Fsp3) is 0.250. The van der Waals surface area contributed by atoms with E-state index < -0.39 is 0 Å². The van der Waals surface area contributed by atoms with Crippen LogP contribution in [-0.4, -0.2) is 38.5 Å². The highest BCUT2D eigenvalue weighted by molar-refractivity contribution is 6.30. The second-order valence-corrected chi connectivity index (χ2v) is 6.94. The first-order valence-electron chi connectivity index (χ1n) is 8.73. The van der Waals surface area contributed by atoms with E-state index in [0.717, 1.165) is 36.4 Å². The minimum absolute atomic E-state index is 0.0171. The fourth-order valence-electron chi connectivity index (χ4n) is 3.41. The van der Waals surface area contributed by atoms with Gasteiger partial charge in [0, 0.05) is 36.3 Å². The summed E-state index contributed by atoms with van der Waals surface area (Å²) in [6.45, 7) is 1.43. The number of nitrogens with zero attached hydrogens (tertiary/aromatic N) is 4. The number of fused-ring (bicyclic) bond motifs is 1. The van der Waals surface area contributed by atoms with Crippen molar-refractivity contribution in [3.8, 4) is 0 Å². The van der Waals surface area contributed by atoms with Gasteiger partial charge in [-0.15, -0.1) is 10.2 Å². The lowest BCUT2D eigenvalue weighted by molar-refractivity contribution is -0.127. The van der Waals surface area contributed by atoms with Crippen LogP contribution in [0.2, 0.25) is 5.02 Å². The number of hydrogen-bond donors (Lipinski definition) is 0. The van der Waals surface area contributed by atoms with E-state index in [1.165, 1.54) is 0 Å². The quantitative estimate of drug-likeness (QED) is 0.662. The molecular formula is C20H19ClN4O. The Labute approximate surface area is 156 Å². The van der Waals surface area contributed by atoms with Gasteiger partial charge < -0.3 is 4.90 Å². The summed E-state index contributed by atoms with van der Waals surface area (Å²) in [5, 5.41) is 9.25. The first-order chi connectivity index (χ1) is 12.7. The average molecular weight is 367 g/mol. The number of amides is 1. The summed E-state index contributed by atoms with van der Waals surface area (Å²) in [5.41, 5.74) is 1.76. The summed E-state index contributed by atoms with van der Waals surface area (Å²) >= 11 is 5.99. The van der Waals surface area contributed by atoms with Gasteiger partial charge in [0.15, 0.2) is 5.65 Å². The molecule has 5 nitrogen and oxygen atoms in total. The molecular weight excluding hydrogens is 348 g/mol. The number of pyridine rings is 1. The number of halogens is 1.